The van der Waals surface area contributed by atoms with Gasteiger partial charge in [-0.2, -0.15) is 0 Å². The molecule has 0 aromatic carbocycles. The molecule has 0 bridgehead atoms. The largest absolute Gasteiger partial charge is 0.373 e. The van der Waals surface area contributed by atoms with Crippen LogP contribution in [-0.4, -0.2) is 29.5 Å². The number of hydrogen-bond acceptors (Lipinski definition) is 3. The molecule has 1 fully saturated rings. The molecule has 3 heteroatoms. The number of anilines is 1. The molecule has 0 atom stereocenters. The Morgan fingerprint density at radius 3 is 2.82 bits per heavy atom. The first-order valence-corrected chi connectivity index (χ1v) is 6.70. The molecule has 17 heavy (non-hydrogen) atoms. The predicted molar refractivity (Wildman–Crippen MR) is 72.1 cm³/mol. The van der Waals surface area contributed by atoms with Gasteiger partial charge in [-0.25, -0.2) is 4.98 Å². The van der Waals surface area contributed by atoms with Crippen molar-refractivity contribution in [1.82, 2.24) is 9.88 Å². The highest BCUT2D eigenvalue weighted by atomic mass is 15.2. The number of nitrogens with one attached hydrogen (secondary N) is 1. The second-order valence-corrected chi connectivity index (χ2v) is 4.76. The van der Waals surface area contributed by atoms with Crippen LogP contribution in [-0.2, 0) is 6.54 Å². The maximum Gasteiger partial charge on any atom is 0.130 e. The van der Waals surface area contributed by atoms with Crippen LogP contribution in [0.2, 0.25) is 0 Å². The summed E-state index contributed by atoms with van der Waals surface area (Å²) in [6, 6.07) is 4.99. The zero-order valence-corrected chi connectivity index (χ0v) is 10.9. The molecule has 1 heterocycles. The van der Waals surface area contributed by atoms with Crippen molar-refractivity contribution in [2.45, 2.75) is 45.2 Å². The molecule has 1 saturated carbocycles. The lowest BCUT2D eigenvalue weighted by atomic mass is 10.1. The average molecular weight is 233 g/mol. The number of aromatic nitrogens is 1. The van der Waals surface area contributed by atoms with Gasteiger partial charge < -0.3 is 5.32 Å². The van der Waals surface area contributed by atoms with Gasteiger partial charge in [0.05, 0.1) is 0 Å². The van der Waals surface area contributed by atoms with Crippen molar-refractivity contribution in [2.24, 2.45) is 0 Å². The van der Waals surface area contributed by atoms with Crippen LogP contribution in [0.4, 0.5) is 5.82 Å². The lowest BCUT2D eigenvalue weighted by Crippen LogP contribution is -2.32. The van der Waals surface area contributed by atoms with Crippen LogP contribution in [0.1, 0.15) is 38.2 Å². The van der Waals surface area contributed by atoms with Crippen molar-refractivity contribution >= 4 is 5.82 Å². The van der Waals surface area contributed by atoms with Gasteiger partial charge in [0.25, 0.3) is 0 Å². The molecule has 94 valence electrons. The zero-order valence-electron chi connectivity index (χ0n) is 10.9. The fraction of sp³-hybridized carbons (Fsp3) is 0.643. The molecule has 1 aromatic rings. The average Bonchev–Trinajstić information content (AvgIpc) is 2.90. The summed E-state index contributed by atoms with van der Waals surface area (Å²) in [5.41, 5.74) is 1.31. The Kier molecular flexibility index (Phi) is 4.37. The number of rotatable bonds is 5. The summed E-state index contributed by atoms with van der Waals surface area (Å²) in [7, 11) is 1.94. The second-order valence-electron chi connectivity index (χ2n) is 4.76. The minimum absolute atomic E-state index is 0.782. The van der Waals surface area contributed by atoms with Crippen molar-refractivity contribution < 1.29 is 0 Å². The molecule has 0 unspecified atom stereocenters. The molecule has 0 amide bonds. The van der Waals surface area contributed by atoms with E-state index in [2.05, 4.69) is 28.2 Å². The molecular weight excluding hydrogens is 210 g/mol. The number of nitrogens with zero attached hydrogens (tertiary/aromatic N) is 2. The standard InChI is InChI=1S/C14H23N3/c1-3-17(13-8-4-5-9-13)11-12-7-6-10-16-14(12)15-2/h6-7,10,13H,3-5,8-9,11H2,1-2H3,(H,15,16). The number of hydrogen-bond donors (Lipinski definition) is 1. The molecule has 0 radical (unpaired) electrons. The van der Waals surface area contributed by atoms with Gasteiger partial charge >= 0.3 is 0 Å². The Labute approximate surface area is 104 Å². The number of pyridine rings is 1. The van der Waals surface area contributed by atoms with Gasteiger partial charge in [0.1, 0.15) is 5.82 Å². The van der Waals surface area contributed by atoms with Crippen LogP contribution in [0.5, 0.6) is 0 Å². The van der Waals surface area contributed by atoms with E-state index in [0.29, 0.717) is 0 Å². The molecule has 1 aliphatic carbocycles. The normalized spacial score (nSPS) is 16.6. The lowest BCUT2D eigenvalue weighted by Gasteiger charge is -2.27. The monoisotopic (exact) mass is 233 g/mol. The van der Waals surface area contributed by atoms with Gasteiger partial charge in [-0.15, -0.1) is 0 Å². The van der Waals surface area contributed by atoms with E-state index in [-0.39, 0.29) is 0 Å². The Hall–Kier alpha value is -1.09. The lowest BCUT2D eigenvalue weighted by molar-refractivity contribution is 0.200. The maximum atomic E-state index is 4.37. The van der Waals surface area contributed by atoms with Crippen molar-refractivity contribution in [3.05, 3.63) is 23.9 Å². The Balaban J connectivity index is 2.06. The smallest absolute Gasteiger partial charge is 0.130 e. The van der Waals surface area contributed by atoms with Crippen molar-refractivity contribution in [3.8, 4) is 0 Å². The van der Waals surface area contributed by atoms with Crippen LogP contribution in [0, 0.1) is 0 Å². The highest BCUT2D eigenvalue weighted by molar-refractivity contribution is 5.42. The molecule has 1 aliphatic rings. The van der Waals surface area contributed by atoms with Gasteiger partial charge in [0, 0.05) is 31.4 Å². The fourth-order valence-corrected chi connectivity index (χ4v) is 2.78. The van der Waals surface area contributed by atoms with E-state index in [1.54, 1.807) is 0 Å². The zero-order chi connectivity index (χ0) is 12.1. The Morgan fingerprint density at radius 1 is 1.41 bits per heavy atom. The second kappa shape index (κ2) is 6.01. The summed E-state index contributed by atoms with van der Waals surface area (Å²) < 4.78 is 0. The first-order valence-electron chi connectivity index (χ1n) is 6.70. The third-order valence-corrected chi connectivity index (χ3v) is 3.75. The van der Waals surface area contributed by atoms with Crippen LogP contribution >= 0.6 is 0 Å². The van der Waals surface area contributed by atoms with Crippen molar-refractivity contribution in [1.29, 1.82) is 0 Å². The first-order chi connectivity index (χ1) is 8.35. The Morgan fingerprint density at radius 2 is 2.18 bits per heavy atom. The topological polar surface area (TPSA) is 28.2 Å². The van der Waals surface area contributed by atoms with Gasteiger partial charge in [-0.05, 0) is 25.5 Å². The molecule has 3 nitrogen and oxygen atoms in total. The Bertz CT molecular complexity index is 345. The van der Waals surface area contributed by atoms with E-state index >= 15 is 0 Å². The predicted octanol–water partition coefficient (Wildman–Crippen LogP) is 2.89. The highest BCUT2D eigenvalue weighted by Gasteiger charge is 2.21. The van der Waals surface area contributed by atoms with Gasteiger partial charge in [-0.3, -0.25) is 4.90 Å². The van der Waals surface area contributed by atoms with Gasteiger partial charge in [0.15, 0.2) is 0 Å². The minimum atomic E-state index is 0.782. The molecule has 1 aromatic heterocycles. The summed E-state index contributed by atoms with van der Waals surface area (Å²) in [5.74, 6) is 1.02. The van der Waals surface area contributed by atoms with Crippen molar-refractivity contribution in [3.63, 3.8) is 0 Å². The van der Waals surface area contributed by atoms with E-state index in [1.165, 1.54) is 31.2 Å². The van der Waals surface area contributed by atoms with Crippen LogP contribution in [0.15, 0.2) is 18.3 Å². The van der Waals surface area contributed by atoms with E-state index in [4.69, 9.17) is 0 Å². The van der Waals surface area contributed by atoms with E-state index in [9.17, 15) is 0 Å². The maximum absolute atomic E-state index is 4.37. The summed E-state index contributed by atoms with van der Waals surface area (Å²) >= 11 is 0. The quantitative estimate of drug-likeness (QED) is 0.847. The van der Waals surface area contributed by atoms with Crippen LogP contribution < -0.4 is 5.32 Å². The van der Waals surface area contributed by atoms with E-state index in [0.717, 1.165) is 24.9 Å². The van der Waals surface area contributed by atoms with E-state index < -0.39 is 0 Å². The molecule has 0 aliphatic heterocycles. The summed E-state index contributed by atoms with van der Waals surface area (Å²) in [6.45, 7) is 4.40. The van der Waals surface area contributed by atoms with Gasteiger partial charge in [-0.1, -0.05) is 25.8 Å². The molecule has 0 saturated heterocycles. The molecule has 0 spiro atoms. The minimum Gasteiger partial charge on any atom is -0.373 e. The van der Waals surface area contributed by atoms with E-state index in [1.807, 2.05) is 19.3 Å². The SMILES string of the molecule is CCN(Cc1cccnc1NC)C1CCCC1. The summed E-state index contributed by atoms with van der Waals surface area (Å²) in [4.78, 5) is 6.96. The molecule has 1 N–H and O–H groups in total. The summed E-state index contributed by atoms with van der Waals surface area (Å²) in [6.07, 6.45) is 7.37. The van der Waals surface area contributed by atoms with Crippen molar-refractivity contribution in [2.75, 3.05) is 18.9 Å². The van der Waals surface area contributed by atoms with Gasteiger partial charge in [0.2, 0.25) is 0 Å². The fourth-order valence-electron chi connectivity index (χ4n) is 2.78. The summed E-state index contributed by atoms with van der Waals surface area (Å²) in [5, 5.41) is 3.18. The first kappa shape index (κ1) is 12.4. The third-order valence-electron chi connectivity index (χ3n) is 3.75. The molecular formula is C14H23N3. The van der Waals surface area contributed by atoms with Crippen LogP contribution in [0.25, 0.3) is 0 Å². The molecule has 2 rings (SSSR count). The van der Waals surface area contributed by atoms with Crippen LogP contribution in [0.3, 0.4) is 0 Å². The third kappa shape index (κ3) is 2.97. The highest BCUT2D eigenvalue weighted by Crippen LogP contribution is 2.25.